The van der Waals surface area contributed by atoms with E-state index in [2.05, 4.69) is 17.4 Å². The Morgan fingerprint density at radius 3 is 2.09 bits per heavy atom. The molecule has 0 atom stereocenters. The number of alkyl carbamates (subject to hydrolysis) is 1. The quantitative estimate of drug-likeness (QED) is 0.448. The van der Waals surface area contributed by atoms with Gasteiger partial charge in [-0.25, -0.2) is 4.79 Å². The Labute approximate surface area is 206 Å². The van der Waals surface area contributed by atoms with E-state index in [-0.39, 0.29) is 12.5 Å². The lowest BCUT2D eigenvalue weighted by Gasteiger charge is -2.41. The maximum atomic E-state index is 12.7. The molecule has 35 heavy (non-hydrogen) atoms. The minimum absolute atomic E-state index is 0.00882. The molecule has 182 valence electrons. The van der Waals surface area contributed by atoms with Crippen molar-refractivity contribution >= 4 is 12.0 Å². The summed E-state index contributed by atoms with van der Waals surface area (Å²) in [4.78, 5) is 27.2. The molecular formula is C29H32N2O4. The predicted molar refractivity (Wildman–Crippen MR) is 135 cm³/mol. The molecule has 0 aromatic heterocycles. The number of carbonyl (C=O) groups is 2. The zero-order valence-corrected chi connectivity index (χ0v) is 19.9. The van der Waals surface area contributed by atoms with E-state index in [1.807, 2.05) is 78.9 Å². The topological polar surface area (TPSA) is 67.9 Å². The molecule has 0 unspecified atom stereocenters. The van der Waals surface area contributed by atoms with Crippen molar-refractivity contribution in [1.29, 1.82) is 0 Å². The fourth-order valence-electron chi connectivity index (χ4n) is 4.40. The molecule has 0 radical (unpaired) electrons. The molecule has 6 nitrogen and oxygen atoms in total. The van der Waals surface area contributed by atoms with E-state index in [0.29, 0.717) is 38.2 Å². The van der Waals surface area contributed by atoms with Crippen molar-refractivity contribution in [1.82, 2.24) is 10.2 Å². The van der Waals surface area contributed by atoms with Gasteiger partial charge in [-0.15, -0.1) is 0 Å². The number of piperidine rings is 1. The van der Waals surface area contributed by atoms with Gasteiger partial charge in [-0.05, 0) is 36.1 Å². The zero-order valence-electron chi connectivity index (χ0n) is 19.9. The van der Waals surface area contributed by atoms with Crippen molar-refractivity contribution in [2.45, 2.75) is 31.3 Å². The molecule has 2 amide bonds. The Hall–Kier alpha value is -3.80. The molecule has 1 heterocycles. The van der Waals surface area contributed by atoms with Gasteiger partial charge >= 0.3 is 6.09 Å². The van der Waals surface area contributed by atoms with Crippen molar-refractivity contribution in [2.75, 3.05) is 26.2 Å². The molecule has 1 N–H and O–H groups in total. The summed E-state index contributed by atoms with van der Waals surface area (Å²) in [6, 6.07) is 29.3. The van der Waals surface area contributed by atoms with E-state index < -0.39 is 11.7 Å². The number of carbonyl (C=O) groups excluding carboxylic acids is 2. The summed E-state index contributed by atoms with van der Waals surface area (Å²) < 4.78 is 11.7. The fraction of sp³-hybridized carbons (Fsp3) is 0.310. The predicted octanol–water partition coefficient (Wildman–Crippen LogP) is 4.94. The molecule has 1 saturated heterocycles. The Kier molecular flexibility index (Phi) is 8.39. The molecule has 1 aliphatic rings. The van der Waals surface area contributed by atoms with E-state index in [4.69, 9.17) is 9.47 Å². The van der Waals surface area contributed by atoms with Crippen LogP contribution in [-0.2, 0) is 21.6 Å². The molecule has 6 heteroatoms. The van der Waals surface area contributed by atoms with Crippen LogP contribution in [0.4, 0.5) is 4.79 Å². The highest BCUT2D eigenvalue weighted by Crippen LogP contribution is 2.37. The third-order valence-electron chi connectivity index (χ3n) is 6.37. The number of likely N-dealkylation sites (tertiary alicyclic amines) is 1. The molecule has 0 bridgehead atoms. The van der Waals surface area contributed by atoms with Crippen LogP contribution in [0.15, 0.2) is 91.0 Å². The number of amides is 2. The standard InChI is InChI=1S/C29H32N2O4/c32-27(23-34-26-16-8-3-9-17-26)31-21-18-29(19-22-31,25-14-6-2-7-15-25)35-28(33)30-20-10-13-24-11-4-1-5-12-24/h1-9,11-12,14-17H,10,13,18-23H2,(H,30,33). The van der Waals surface area contributed by atoms with Gasteiger partial charge in [0.15, 0.2) is 6.61 Å². The number of ether oxygens (including phenoxy) is 2. The first kappa shape index (κ1) is 24.3. The minimum Gasteiger partial charge on any atom is -0.484 e. The van der Waals surface area contributed by atoms with Crippen LogP contribution in [0.1, 0.15) is 30.4 Å². The van der Waals surface area contributed by atoms with Crippen molar-refractivity contribution in [3.63, 3.8) is 0 Å². The maximum Gasteiger partial charge on any atom is 0.408 e. The van der Waals surface area contributed by atoms with Gasteiger partial charge in [0.1, 0.15) is 11.4 Å². The number of aryl methyl sites for hydroxylation is 1. The first-order valence-electron chi connectivity index (χ1n) is 12.2. The highest BCUT2D eigenvalue weighted by molar-refractivity contribution is 5.78. The summed E-state index contributed by atoms with van der Waals surface area (Å²) in [6.07, 6.45) is 2.37. The second kappa shape index (κ2) is 12.1. The summed E-state index contributed by atoms with van der Waals surface area (Å²) in [5.41, 5.74) is 1.44. The molecule has 0 saturated carbocycles. The summed E-state index contributed by atoms with van der Waals surface area (Å²) in [5, 5.41) is 2.91. The zero-order chi connectivity index (χ0) is 24.3. The van der Waals surface area contributed by atoms with Crippen LogP contribution in [0.5, 0.6) is 5.75 Å². The van der Waals surface area contributed by atoms with Crippen LogP contribution in [0.2, 0.25) is 0 Å². The van der Waals surface area contributed by atoms with Gasteiger partial charge in [0, 0.05) is 32.5 Å². The fourth-order valence-corrected chi connectivity index (χ4v) is 4.40. The van der Waals surface area contributed by atoms with Gasteiger partial charge in [0.25, 0.3) is 5.91 Å². The van der Waals surface area contributed by atoms with Gasteiger partial charge in [-0.1, -0.05) is 78.9 Å². The van der Waals surface area contributed by atoms with E-state index in [1.165, 1.54) is 5.56 Å². The minimum atomic E-state index is -0.762. The molecule has 3 aromatic carbocycles. The SMILES string of the molecule is O=C(NCCCc1ccccc1)OC1(c2ccccc2)CCN(C(=O)COc2ccccc2)CC1. The van der Waals surface area contributed by atoms with Crippen molar-refractivity contribution in [3.05, 3.63) is 102 Å². The second-order valence-corrected chi connectivity index (χ2v) is 8.75. The van der Waals surface area contributed by atoms with Crippen molar-refractivity contribution in [3.8, 4) is 5.75 Å². The smallest absolute Gasteiger partial charge is 0.408 e. The molecular weight excluding hydrogens is 440 g/mol. The first-order chi connectivity index (χ1) is 17.1. The molecule has 1 aliphatic heterocycles. The van der Waals surface area contributed by atoms with Gasteiger partial charge in [0.05, 0.1) is 0 Å². The molecule has 3 aromatic rings. The van der Waals surface area contributed by atoms with E-state index in [9.17, 15) is 9.59 Å². The third kappa shape index (κ3) is 6.85. The number of hydrogen-bond donors (Lipinski definition) is 1. The summed E-state index contributed by atoms with van der Waals surface area (Å²) in [5.74, 6) is 0.602. The second-order valence-electron chi connectivity index (χ2n) is 8.75. The largest absolute Gasteiger partial charge is 0.484 e. The first-order valence-corrected chi connectivity index (χ1v) is 12.2. The lowest BCUT2D eigenvalue weighted by molar-refractivity contribution is -0.138. The Bertz CT molecular complexity index is 1070. The maximum absolute atomic E-state index is 12.7. The third-order valence-corrected chi connectivity index (χ3v) is 6.37. The normalized spacial score (nSPS) is 14.7. The highest BCUT2D eigenvalue weighted by Gasteiger charge is 2.41. The average Bonchev–Trinajstić information content (AvgIpc) is 2.92. The number of benzene rings is 3. The lowest BCUT2D eigenvalue weighted by Crippen LogP contribution is -2.49. The summed E-state index contributed by atoms with van der Waals surface area (Å²) in [7, 11) is 0. The van der Waals surface area contributed by atoms with Crippen LogP contribution >= 0.6 is 0 Å². The number of rotatable bonds is 9. The van der Waals surface area contributed by atoms with Crippen LogP contribution in [0, 0.1) is 0 Å². The number of nitrogens with one attached hydrogen (secondary N) is 1. The Morgan fingerprint density at radius 1 is 0.829 bits per heavy atom. The van der Waals surface area contributed by atoms with Gasteiger partial charge < -0.3 is 19.7 Å². The van der Waals surface area contributed by atoms with Crippen LogP contribution < -0.4 is 10.1 Å². The van der Waals surface area contributed by atoms with Crippen LogP contribution in [0.3, 0.4) is 0 Å². The Morgan fingerprint density at radius 2 is 1.43 bits per heavy atom. The Balaban J connectivity index is 1.31. The number of nitrogens with zero attached hydrogens (tertiary/aromatic N) is 1. The summed E-state index contributed by atoms with van der Waals surface area (Å²) >= 11 is 0. The molecule has 0 aliphatic carbocycles. The average molecular weight is 473 g/mol. The molecule has 4 rings (SSSR count). The molecule has 0 spiro atoms. The summed E-state index contributed by atoms with van der Waals surface area (Å²) in [6.45, 7) is 1.52. The van der Waals surface area contributed by atoms with Crippen molar-refractivity contribution < 1.29 is 19.1 Å². The van der Waals surface area contributed by atoms with Gasteiger partial charge in [-0.3, -0.25) is 4.79 Å². The van der Waals surface area contributed by atoms with Crippen molar-refractivity contribution in [2.24, 2.45) is 0 Å². The van der Waals surface area contributed by atoms with Crippen LogP contribution in [0.25, 0.3) is 0 Å². The van der Waals surface area contributed by atoms with E-state index >= 15 is 0 Å². The van der Waals surface area contributed by atoms with Gasteiger partial charge in [0.2, 0.25) is 0 Å². The highest BCUT2D eigenvalue weighted by atomic mass is 16.6. The monoisotopic (exact) mass is 472 g/mol. The van der Waals surface area contributed by atoms with Crippen LogP contribution in [-0.4, -0.2) is 43.1 Å². The van der Waals surface area contributed by atoms with Gasteiger partial charge in [-0.2, -0.15) is 0 Å². The molecule has 1 fully saturated rings. The lowest BCUT2D eigenvalue weighted by atomic mass is 9.84. The number of hydrogen-bond acceptors (Lipinski definition) is 4. The number of para-hydroxylation sites is 1. The van der Waals surface area contributed by atoms with E-state index in [1.54, 1.807) is 4.90 Å². The van der Waals surface area contributed by atoms with E-state index in [0.717, 1.165) is 18.4 Å².